The molecule has 0 N–H and O–H groups in total. The molecular formula is C128H103N3. The Morgan fingerprint density at radius 1 is 0.145 bits per heavy atom. The lowest BCUT2D eigenvalue weighted by Gasteiger charge is -2.27. The van der Waals surface area contributed by atoms with Crippen molar-refractivity contribution < 1.29 is 0 Å². The molecule has 0 saturated heterocycles. The van der Waals surface area contributed by atoms with Crippen molar-refractivity contribution in [3.05, 3.63) is 452 Å². The molecule has 0 aliphatic carbocycles. The molecule has 3 heteroatoms. The van der Waals surface area contributed by atoms with Crippen LogP contribution in [-0.2, 0) is 16.2 Å². The van der Waals surface area contributed by atoms with E-state index in [2.05, 4.69) is 515 Å². The van der Waals surface area contributed by atoms with Crippen LogP contribution in [0, 0.1) is 13.8 Å². The van der Waals surface area contributed by atoms with Gasteiger partial charge >= 0.3 is 0 Å². The van der Waals surface area contributed by atoms with Crippen LogP contribution in [0.5, 0.6) is 0 Å². The fraction of sp³-hybridized carbons (Fsp3) is 0.109. The fourth-order valence-corrected chi connectivity index (χ4v) is 21.1. The van der Waals surface area contributed by atoms with Crippen LogP contribution in [0.15, 0.2) is 425 Å². The number of benzene rings is 21. The maximum absolute atomic E-state index is 2.43. The normalized spacial score (nSPS) is 12.1. The third-order valence-electron chi connectivity index (χ3n) is 27.3. The minimum Gasteiger partial charge on any atom is -0.309 e. The summed E-state index contributed by atoms with van der Waals surface area (Å²) in [5, 5.41) is 23.1. The molecule has 0 atom stereocenters. The average Bonchev–Trinajstić information content (AvgIpc) is 1.65. The van der Waals surface area contributed by atoms with Gasteiger partial charge in [0.1, 0.15) is 0 Å². The molecule has 0 fully saturated rings. The Morgan fingerprint density at radius 2 is 0.313 bits per heavy atom. The number of aromatic nitrogens is 3. The van der Waals surface area contributed by atoms with Gasteiger partial charge in [0.2, 0.25) is 0 Å². The van der Waals surface area contributed by atoms with Crippen molar-refractivity contribution in [3.8, 4) is 83.8 Å². The largest absolute Gasteiger partial charge is 0.309 e. The van der Waals surface area contributed by atoms with Crippen molar-refractivity contribution in [2.24, 2.45) is 0 Å². The molecule has 3 aromatic heterocycles. The van der Waals surface area contributed by atoms with Gasteiger partial charge in [-0.25, -0.2) is 0 Å². The summed E-state index contributed by atoms with van der Waals surface area (Å²) in [5.41, 5.74) is 33.1. The van der Waals surface area contributed by atoms with Crippen LogP contribution in [0.2, 0.25) is 0 Å². The van der Waals surface area contributed by atoms with Gasteiger partial charge < -0.3 is 13.7 Å². The molecular weight excluding hydrogens is 1580 g/mol. The van der Waals surface area contributed by atoms with Gasteiger partial charge in [0, 0.05) is 49.4 Å². The van der Waals surface area contributed by atoms with Crippen LogP contribution < -0.4 is 0 Å². The Labute approximate surface area is 767 Å². The van der Waals surface area contributed by atoms with E-state index in [1.165, 1.54) is 242 Å². The van der Waals surface area contributed by atoms with Gasteiger partial charge in [-0.1, -0.05) is 425 Å². The summed E-state index contributed by atoms with van der Waals surface area (Å²) in [7, 11) is 0. The van der Waals surface area contributed by atoms with Gasteiger partial charge in [-0.3, -0.25) is 0 Å². The zero-order chi connectivity index (χ0) is 89.1. The highest BCUT2D eigenvalue weighted by atomic mass is 15.0. The van der Waals surface area contributed by atoms with Crippen molar-refractivity contribution >= 4 is 130 Å². The zero-order valence-electron chi connectivity index (χ0n) is 76.3. The molecule has 131 heavy (non-hydrogen) atoms. The topological polar surface area (TPSA) is 14.8 Å². The monoisotopic (exact) mass is 1680 g/mol. The van der Waals surface area contributed by atoms with Crippen molar-refractivity contribution in [2.75, 3.05) is 0 Å². The Balaban J connectivity index is 0.000000115. The fourth-order valence-electron chi connectivity index (χ4n) is 21.1. The lowest BCUT2D eigenvalue weighted by Crippen LogP contribution is -2.16. The van der Waals surface area contributed by atoms with E-state index in [4.69, 9.17) is 0 Å². The molecule has 3 nitrogen and oxygen atoms in total. The summed E-state index contributed by atoms with van der Waals surface area (Å²) in [5.74, 6) is 0. The van der Waals surface area contributed by atoms with Crippen molar-refractivity contribution in [1.82, 2.24) is 13.7 Å². The number of aryl methyl sites for hydroxylation is 2. The van der Waals surface area contributed by atoms with E-state index >= 15 is 0 Å². The van der Waals surface area contributed by atoms with Crippen molar-refractivity contribution in [2.45, 2.75) is 92.4 Å². The van der Waals surface area contributed by atoms with Gasteiger partial charge in [-0.15, -0.1) is 0 Å². The van der Waals surface area contributed by atoms with Gasteiger partial charge in [-0.05, 0) is 251 Å². The van der Waals surface area contributed by atoms with E-state index in [-0.39, 0.29) is 16.2 Å². The zero-order valence-corrected chi connectivity index (χ0v) is 76.3. The standard InChI is InChI=1S/C46H41N.C42H33N.C40H29N/c1-45(2,3)32-27-31(28-33(29-32)46(4,5)6)44-39-19-9-7-17-37(39)43(38-18-8-10-20-40(38)44)30-23-25-34(26-24-30)47-41-21-13-11-15-35(41)36-16-12-14-22-42(36)47;1-42(2,3)30-24-20-28(21-25-30)40-34-14-4-6-16-36(34)41(37-17-7-5-15-35(37)40)29-22-26-31(27-23-29)43-38-18-10-8-12-32(38)33-13-9-11-19-39(33)43;1-26-23-27(2)25-29(24-26)40-35-15-5-3-13-33(35)39(34-14-4-6-16-36(34)40)28-19-21-30(22-20-28)41-37-17-9-7-11-31(37)32-12-8-10-18-38(32)41/h7-29H,1-6H3;4-27H,1-3H3;3-25H,1-2H3. The van der Waals surface area contributed by atoms with Crippen LogP contribution in [0.3, 0.4) is 0 Å². The SMILES string of the molecule is CC(C)(C)c1cc(-c2c3ccccc3c(-c3ccc(-n4c5ccccc5c5ccccc54)cc3)c3ccccc23)cc(C(C)(C)C)c1.CC(C)(C)c1ccc(-c2c3ccccc3c(-c3ccc(-n4c5ccccc5c5ccccc54)cc3)c3ccccc23)cc1.Cc1cc(C)cc(-c2c3ccccc3c(-c3ccc(-n4c5ccccc5c5ccccc54)cc3)c3ccccc23)c1. The first-order valence-electron chi connectivity index (χ1n) is 46.2. The summed E-state index contributed by atoms with van der Waals surface area (Å²) in [6.45, 7) is 25.1. The third-order valence-corrected chi connectivity index (χ3v) is 27.3. The molecule has 0 saturated carbocycles. The van der Waals surface area contributed by atoms with Crippen LogP contribution in [0.1, 0.15) is 90.1 Å². The first-order valence-corrected chi connectivity index (χ1v) is 46.2. The predicted octanol–water partition coefficient (Wildman–Crippen LogP) is 35.8. The van der Waals surface area contributed by atoms with E-state index in [1.807, 2.05) is 0 Å². The first-order chi connectivity index (χ1) is 63.7. The average molecular weight is 1680 g/mol. The van der Waals surface area contributed by atoms with Crippen molar-refractivity contribution in [1.29, 1.82) is 0 Å². The molecule has 0 bridgehead atoms. The smallest absolute Gasteiger partial charge is 0.0541 e. The predicted molar refractivity (Wildman–Crippen MR) is 566 cm³/mol. The quantitative estimate of drug-likeness (QED) is 0.128. The van der Waals surface area contributed by atoms with E-state index < -0.39 is 0 Å². The van der Waals surface area contributed by atoms with Gasteiger partial charge in [0.15, 0.2) is 0 Å². The molecule has 0 aliphatic heterocycles. The number of rotatable bonds is 9. The number of fused-ring (bicyclic) bond motifs is 15. The third kappa shape index (κ3) is 14.3. The van der Waals surface area contributed by atoms with E-state index in [0.29, 0.717) is 0 Å². The van der Waals surface area contributed by atoms with Crippen LogP contribution in [0.25, 0.3) is 214 Å². The minimum atomic E-state index is 0.0413. The second kappa shape index (κ2) is 32.4. The molecule has 0 amide bonds. The maximum atomic E-state index is 2.43. The van der Waals surface area contributed by atoms with Gasteiger partial charge in [0.25, 0.3) is 0 Å². The lowest BCUT2D eigenvalue weighted by atomic mass is 9.77. The highest BCUT2D eigenvalue weighted by Gasteiger charge is 2.27. The summed E-state index contributed by atoms with van der Waals surface area (Å²) in [6, 6.07) is 157. The van der Waals surface area contributed by atoms with E-state index in [1.54, 1.807) is 0 Å². The summed E-state index contributed by atoms with van der Waals surface area (Å²) >= 11 is 0. The molecule has 24 rings (SSSR count). The molecule has 630 valence electrons. The Kier molecular flexibility index (Phi) is 20.1. The lowest BCUT2D eigenvalue weighted by molar-refractivity contribution is 0.569. The summed E-state index contributed by atoms with van der Waals surface area (Å²) in [4.78, 5) is 0. The molecule has 0 aliphatic rings. The van der Waals surface area contributed by atoms with Crippen molar-refractivity contribution in [3.63, 3.8) is 0 Å². The number of hydrogen-bond donors (Lipinski definition) is 0. The van der Waals surface area contributed by atoms with Crippen LogP contribution in [0.4, 0.5) is 0 Å². The maximum Gasteiger partial charge on any atom is 0.0541 e. The molecule has 0 spiro atoms. The number of para-hydroxylation sites is 6. The molecule has 0 unspecified atom stereocenters. The van der Waals surface area contributed by atoms with Gasteiger partial charge in [-0.2, -0.15) is 0 Å². The minimum absolute atomic E-state index is 0.0413. The molecule has 3 heterocycles. The summed E-state index contributed by atoms with van der Waals surface area (Å²) < 4.78 is 7.16. The first kappa shape index (κ1) is 81.3. The van der Waals surface area contributed by atoms with E-state index in [9.17, 15) is 0 Å². The number of nitrogens with zero attached hydrogens (tertiary/aromatic N) is 3. The molecule has 21 aromatic carbocycles. The Bertz CT molecular complexity index is 8240. The second-order valence-electron chi connectivity index (χ2n) is 38.8. The second-order valence-corrected chi connectivity index (χ2v) is 38.8. The van der Waals surface area contributed by atoms with Gasteiger partial charge in [0.05, 0.1) is 33.1 Å². The molecule has 24 aromatic rings. The Morgan fingerprint density at radius 3 is 0.511 bits per heavy atom. The van der Waals surface area contributed by atoms with Crippen LogP contribution in [-0.4, -0.2) is 13.7 Å². The van der Waals surface area contributed by atoms with Crippen LogP contribution >= 0.6 is 0 Å². The Hall–Kier alpha value is -15.4. The highest BCUT2D eigenvalue weighted by Crippen LogP contribution is 2.50. The highest BCUT2D eigenvalue weighted by molar-refractivity contribution is 6.25. The van der Waals surface area contributed by atoms with E-state index in [0.717, 1.165) is 0 Å². The summed E-state index contributed by atoms with van der Waals surface area (Å²) in [6.07, 6.45) is 0. The molecule has 0 radical (unpaired) electrons. The number of hydrogen-bond acceptors (Lipinski definition) is 0.